The maximum absolute atomic E-state index is 5.23. The predicted molar refractivity (Wildman–Crippen MR) is 230 cm³/mol. The van der Waals surface area contributed by atoms with E-state index in [9.17, 15) is 0 Å². The van der Waals surface area contributed by atoms with Crippen molar-refractivity contribution in [3.05, 3.63) is 189 Å². The Kier molecular flexibility index (Phi) is 7.42. The zero-order valence-electron chi connectivity index (χ0n) is 30.1. The van der Waals surface area contributed by atoms with Gasteiger partial charge in [-0.05, 0) is 79.8 Å². The summed E-state index contributed by atoms with van der Waals surface area (Å²) in [6.45, 7) is 0. The molecule has 260 valence electrons. The SMILES string of the molecule is c1cc(-c2cnc(-c3ccncc3)cn2)cc(-c2ccc3ccc4ccc(-c5ccc(-c6ccc7c8ccccc8c8ccccc8c7c6)cc5)nc4c3n2)c1. The second-order valence-electron chi connectivity index (χ2n) is 14.1. The summed E-state index contributed by atoms with van der Waals surface area (Å²) in [6, 6.07) is 57.9. The Hall–Kier alpha value is -7.63. The van der Waals surface area contributed by atoms with Gasteiger partial charge < -0.3 is 0 Å². The Morgan fingerprint density at radius 2 is 0.750 bits per heavy atom. The molecule has 11 rings (SSSR count). The number of nitrogens with zero attached hydrogens (tertiary/aromatic N) is 5. The third kappa shape index (κ3) is 5.45. The Morgan fingerprint density at radius 1 is 0.286 bits per heavy atom. The highest BCUT2D eigenvalue weighted by Crippen LogP contribution is 2.38. The van der Waals surface area contributed by atoms with Gasteiger partial charge in [-0.25, -0.2) is 9.97 Å². The summed E-state index contributed by atoms with van der Waals surface area (Å²) >= 11 is 0. The Morgan fingerprint density at radius 3 is 1.36 bits per heavy atom. The van der Waals surface area contributed by atoms with Crippen molar-refractivity contribution < 1.29 is 0 Å². The molecule has 0 aliphatic heterocycles. The fraction of sp³-hybridized carbons (Fsp3) is 0. The predicted octanol–water partition coefficient (Wildman–Crippen LogP) is 12.8. The van der Waals surface area contributed by atoms with Gasteiger partial charge in [0.25, 0.3) is 0 Å². The van der Waals surface area contributed by atoms with Crippen LogP contribution in [-0.2, 0) is 0 Å². The number of benzene rings is 7. The normalized spacial score (nSPS) is 11.6. The Balaban J connectivity index is 0.930. The topological polar surface area (TPSA) is 64.5 Å². The molecule has 0 spiro atoms. The summed E-state index contributed by atoms with van der Waals surface area (Å²) in [5.41, 5.74) is 11.5. The van der Waals surface area contributed by atoms with Crippen molar-refractivity contribution in [3.8, 4) is 56.2 Å². The zero-order valence-corrected chi connectivity index (χ0v) is 30.1. The van der Waals surface area contributed by atoms with Gasteiger partial charge in [-0.3, -0.25) is 15.0 Å². The molecule has 56 heavy (non-hydrogen) atoms. The van der Waals surface area contributed by atoms with Crippen molar-refractivity contribution in [3.63, 3.8) is 0 Å². The molecule has 0 unspecified atom stereocenters. The van der Waals surface area contributed by atoms with Crippen LogP contribution in [0.4, 0.5) is 0 Å². The average Bonchev–Trinajstić information content (AvgIpc) is 3.29. The minimum Gasteiger partial charge on any atom is -0.265 e. The first-order valence-electron chi connectivity index (χ1n) is 18.7. The van der Waals surface area contributed by atoms with E-state index in [0.29, 0.717) is 0 Å². The summed E-state index contributed by atoms with van der Waals surface area (Å²) in [7, 11) is 0. The summed E-state index contributed by atoms with van der Waals surface area (Å²) in [5, 5.41) is 9.78. The number of pyridine rings is 3. The molecule has 4 aromatic heterocycles. The largest absolute Gasteiger partial charge is 0.265 e. The van der Waals surface area contributed by atoms with Crippen LogP contribution in [0.5, 0.6) is 0 Å². The molecule has 5 heteroatoms. The Labute approximate surface area is 322 Å². The van der Waals surface area contributed by atoms with E-state index in [1.807, 2.05) is 24.4 Å². The number of hydrogen-bond donors (Lipinski definition) is 0. The number of rotatable bonds is 5. The van der Waals surface area contributed by atoms with E-state index in [1.165, 1.54) is 43.4 Å². The molecule has 0 radical (unpaired) electrons. The molecule has 0 amide bonds. The summed E-state index contributed by atoms with van der Waals surface area (Å²) < 4.78 is 0. The first-order valence-corrected chi connectivity index (χ1v) is 18.7. The smallest absolute Gasteiger partial charge is 0.0972 e. The van der Waals surface area contributed by atoms with Gasteiger partial charge in [0.15, 0.2) is 0 Å². The van der Waals surface area contributed by atoms with E-state index >= 15 is 0 Å². The molecule has 7 aromatic carbocycles. The third-order valence-corrected chi connectivity index (χ3v) is 10.9. The zero-order chi connectivity index (χ0) is 37.0. The molecule has 0 aliphatic rings. The van der Waals surface area contributed by atoms with E-state index in [2.05, 4.69) is 156 Å². The maximum atomic E-state index is 5.23. The monoisotopic (exact) mass is 713 g/mol. The molecule has 0 saturated carbocycles. The Bertz CT molecular complexity index is 3250. The molecule has 0 aliphatic carbocycles. The first-order chi connectivity index (χ1) is 27.7. The van der Waals surface area contributed by atoms with Crippen LogP contribution in [0.25, 0.3) is 110 Å². The fourth-order valence-electron chi connectivity index (χ4n) is 8.00. The highest BCUT2D eigenvalue weighted by Gasteiger charge is 2.13. The molecular formula is C51H31N5. The van der Waals surface area contributed by atoms with Gasteiger partial charge >= 0.3 is 0 Å². The van der Waals surface area contributed by atoms with E-state index in [0.717, 1.165) is 66.8 Å². The minimum absolute atomic E-state index is 0.802. The quantitative estimate of drug-likeness (QED) is 0.166. The van der Waals surface area contributed by atoms with Crippen LogP contribution in [0.2, 0.25) is 0 Å². The molecule has 0 fully saturated rings. The minimum atomic E-state index is 0.802. The van der Waals surface area contributed by atoms with Crippen LogP contribution in [-0.4, -0.2) is 24.9 Å². The second-order valence-corrected chi connectivity index (χ2v) is 14.1. The van der Waals surface area contributed by atoms with Crippen molar-refractivity contribution in [1.82, 2.24) is 24.9 Å². The van der Waals surface area contributed by atoms with E-state index in [1.54, 1.807) is 18.6 Å². The summed E-state index contributed by atoms with van der Waals surface area (Å²) in [4.78, 5) is 23.9. The molecule has 4 heterocycles. The average molecular weight is 714 g/mol. The lowest BCUT2D eigenvalue weighted by Crippen LogP contribution is -1.92. The van der Waals surface area contributed by atoms with Gasteiger partial charge in [0.2, 0.25) is 0 Å². The third-order valence-electron chi connectivity index (χ3n) is 10.9. The summed E-state index contributed by atoms with van der Waals surface area (Å²) in [6.07, 6.45) is 7.15. The van der Waals surface area contributed by atoms with Gasteiger partial charge in [-0.15, -0.1) is 0 Å². The van der Waals surface area contributed by atoms with Crippen LogP contribution < -0.4 is 0 Å². The van der Waals surface area contributed by atoms with Crippen LogP contribution in [0.1, 0.15) is 0 Å². The van der Waals surface area contributed by atoms with E-state index in [-0.39, 0.29) is 0 Å². The van der Waals surface area contributed by atoms with Gasteiger partial charge in [-0.1, -0.05) is 127 Å². The van der Waals surface area contributed by atoms with Crippen LogP contribution >= 0.6 is 0 Å². The van der Waals surface area contributed by atoms with Crippen molar-refractivity contribution in [2.45, 2.75) is 0 Å². The van der Waals surface area contributed by atoms with Gasteiger partial charge in [0, 0.05) is 45.4 Å². The van der Waals surface area contributed by atoms with E-state index < -0.39 is 0 Å². The maximum Gasteiger partial charge on any atom is 0.0972 e. The van der Waals surface area contributed by atoms with Crippen LogP contribution in [0, 0.1) is 0 Å². The number of aromatic nitrogens is 5. The molecule has 5 nitrogen and oxygen atoms in total. The molecule has 11 aromatic rings. The van der Waals surface area contributed by atoms with Crippen molar-refractivity contribution in [2.24, 2.45) is 0 Å². The highest BCUT2D eigenvalue weighted by atomic mass is 14.8. The molecular weight excluding hydrogens is 683 g/mol. The number of hydrogen-bond acceptors (Lipinski definition) is 5. The first kappa shape index (κ1) is 31.9. The molecule has 0 saturated heterocycles. The lowest BCUT2D eigenvalue weighted by molar-refractivity contribution is 1.20. The molecule has 0 atom stereocenters. The molecule has 0 N–H and O–H groups in total. The number of fused-ring (bicyclic) bond motifs is 9. The van der Waals surface area contributed by atoms with Crippen LogP contribution in [0.15, 0.2) is 189 Å². The van der Waals surface area contributed by atoms with E-state index in [4.69, 9.17) is 15.0 Å². The van der Waals surface area contributed by atoms with Gasteiger partial charge in [0.05, 0.1) is 46.2 Å². The lowest BCUT2D eigenvalue weighted by atomic mass is 9.92. The fourth-order valence-corrected chi connectivity index (χ4v) is 8.00. The standard InChI is InChI=1S/C51H31N5/c1-2-10-42-40(8-1)41-9-3-4-11-43(41)45-29-37(18-21-44(42)45)32-12-14-33(15-13-32)46-22-19-35-16-17-36-20-23-47(56-51(36)50(35)55-46)38-6-5-7-39(28-38)49-31-53-48(30-54-49)34-24-26-52-27-25-34/h1-31H. The van der Waals surface area contributed by atoms with Crippen molar-refractivity contribution >= 4 is 54.1 Å². The van der Waals surface area contributed by atoms with Crippen molar-refractivity contribution in [2.75, 3.05) is 0 Å². The molecule has 0 bridgehead atoms. The van der Waals surface area contributed by atoms with Crippen LogP contribution in [0.3, 0.4) is 0 Å². The summed E-state index contributed by atoms with van der Waals surface area (Å²) in [5.74, 6) is 0. The van der Waals surface area contributed by atoms with Crippen molar-refractivity contribution in [1.29, 1.82) is 0 Å². The lowest BCUT2D eigenvalue weighted by Gasteiger charge is -2.12. The highest BCUT2D eigenvalue weighted by molar-refractivity contribution is 6.25. The van der Waals surface area contributed by atoms with Gasteiger partial charge in [-0.2, -0.15) is 0 Å². The second kappa shape index (κ2) is 13.0. The van der Waals surface area contributed by atoms with Gasteiger partial charge in [0.1, 0.15) is 0 Å².